The van der Waals surface area contributed by atoms with Crippen LogP contribution in [-0.4, -0.2) is 84.2 Å². The van der Waals surface area contributed by atoms with Gasteiger partial charge in [0.05, 0.1) is 71.5 Å². The SMILES string of the molecule is COC(=O)CCOc1ccc(-c2nc(-c3ccc(OCCC(=O)OC)c(C)c3O)nc(-c3ccc(OCCC(=O)OC)c(C)c3O)n2)c(N)c1C. The van der Waals surface area contributed by atoms with Crippen LogP contribution in [0.1, 0.15) is 36.0 Å². The highest BCUT2D eigenvalue weighted by Crippen LogP contribution is 2.41. The predicted molar refractivity (Wildman–Crippen MR) is 184 cm³/mol. The minimum absolute atomic E-state index is 0.0204. The number of benzene rings is 3. The van der Waals surface area contributed by atoms with Crippen molar-refractivity contribution in [3.8, 4) is 62.9 Å². The zero-order valence-corrected chi connectivity index (χ0v) is 29.2. The number of phenolic OH excluding ortho intramolecular Hbond substituents is 2. The summed E-state index contributed by atoms with van der Waals surface area (Å²) in [7, 11) is 3.87. The first-order chi connectivity index (χ1) is 24.4. The maximum atomic E-state index is 11.6. The molecular weight excluding hydrogens is 664 g/mol. The highest BCUT2D eigenvalue weighted by molar-refractivity contribution is 5.80. The van der Waals surface area contributed by atoms with E-state index in [1.165, 1.54) is 21.3 Å². The van der Waals surface area contributed by atoms with E-state index >= 15 is 0 Å². The summed E-state index contributed by atoms with van der Waals surface area (Å²) in [5.74, 6) is -0.275. The highest BCUT2D eigenvalue weighted by Gasteiger charge is 2.22. The van der Waals surface area contributed by atoms with E-state index in [1.807, 2.05) is 0 Å². The number of esters is 3. The monoisotopic (exact) mass is 704 g/mol. The Kier molecular flexibility index (Phi) is 12.6. The minimum Gasteiger partial charge on any atom is -0.507 e. The number of nitrogens with zero attached hydrogens (tertiary/aromatic N) is 3. The number of carbonyl (C=O) groups is 3. The molecule has 0 fully saturated rings. The maximum Gasteiger partial charge on any atom is 0.308 e. The van der Waals surface area contributed by atoms with Gasteiger partial charge in [-0.2, -0.15) is 0 Å². The Hall–Kier alpha value is -6.12. The maximum absolute atomic E-state index is 11.6. The highest BCUT2D eigenvalue weighted by atomic mass is 16.5. The van der Waals surface area contributed by atoms with Crippen LogP contribution in [0.2, 0.25) is 0 Å². The zero-order chi connectivity index (χ0) is 37.2. The van der Waals surface area contributed by atoms with Crippen LogP contribution in [0, 0.1) is 20.8 Å². The Bertz CT molecular complexity index is 1700. The topological polar surface area (TPSA) is 212 Å². The largest absolute Gasteiger partial charge is 0.507 e. The number of aromatic nitrogens is 3. The van der Waals surface area contributed by atoms with Gasteiger partial charge in [-0.15, -0.1) is 0 Å². The average molecular weight is 705 g/mol. The van der Waals surface area contributed by atoms with Crippen molar-refractivity contribution in [3.05, 3.63) is 53.1 Å². The summed E-state index contributed by atoms with van der Waals surface area (Å²) in [6.45, 7) is 5.18. The second-order valence-electron chi connectivity index (χ2n) is 11.1. The molecule has 0 saturated carbocycles. The zero-order valence-electron chi connectivity index (χ0n) is 29.2. The lowest BCUT2D eigenvalue weighted by Crippen LogP contribution is -2.09. The molecule has 0 aliphatic carbocycles. The van der Waals surface area contributed by atoms with Gasteiger partial charge in [0.2, 0.25) is 0 Å². The normalized spacial score (nSPS) is 10.7. The van der Waals surface area contributed by atoms with Crippen LogP contribution in [0.3, 0.4) is 0 Å². The molecule has 0 spiro atoms. The molecule has 0 amide bonds. The Morgan fingerprint density at radius 3 is 1.22 bits per heavy atom. The smallest absolute Gasteiger partial charge is 0.308 e. The Balaban J connectivity index is 1.80. The van der Waals surface area contributed by atoms with Crippen molar-refractivity contribution in [2.24, 2.45) is 0 Å². The van der Waals surface area contributed by atoms with Crippen LogP contribution in [0.4, 0.5) is 5.69 Å². The molecule has 0 aliphatic heterocycles. The molecule has 0 saturated heterocycles. The van der Waals surface area contributed by atoms with Crippen LogP contribution >= 0.6 is 0 Å². The molecule has 51 heavy (non-hydrogen) atoms. The average Bonchev–Trinajstić information content (AvgIpc) is 3.13. The number of ether oxygens (including phenoxy) is 6. The van der Waals surface area contributed by atoms with Gasteiger partial charge < -0.3 is 44.4 Å². The Morgan fingerprint density at radius 1 is 0.549 bits per heavy atom. The molecule has 4 N–H and O–H groups in total. The lowest BCUT2D eigenvalue weighted by molar-refractivity contribution is -0.142. The van der Waals surface area contributed by atoms with Gasteiger partial charge in [0.1, 0.15) is 28.7 Å². The number of aromatic hydroxyl groups is 2. The molecule has 1 aromatic heterocycles. The number of nitrogen functional groups attached to an aromatic ring is 1. The van der Waals surface area contributed by atoms with Gasteiger partial charge in [0.25, 0.3) is 0 Å². The third kappa shape index (κ3) is 8.92. The molecule has 270 valence electrons. The molecule has 1 heterocycles. The number of rotatable bonds is 15. The summed E-state index contributed by atoms with van der Waals surface area (Å²) >= 11 is 0. The standard InChI is InChI=1S/C36H40N4O11/c1-19-25(49-16-13-28(41)46-4)10-7-22(31(19)37)34-38-35(23-8-11-26(20(2)32(23)44)50-17-14-29(42)47-5)40-36(39-34)24-9-12-27(21(3)33(24)45)51-18-15-30(43)48-6/h7-12,44-45H,13-18,37H2,1-6H3. The van der Waals surface area contributed by atoms with Crippen molar-refractivity contribution >= 4 is 23.6 Å². The molecule has 15 heteroatoms. The van der Waals surface area contributed by atoms with Gasteiger partial charge in [-0.25, -0.2) is 15.0 Å². The van der Waals surface area contributed by atoms with Gasteiger partial charge in [0.15, 0.2) is 17.5 Å². The molecule has 0 atom stereocenters. The lowest BCUT2D eigenvalue weighted by atomic mass is 10.0. The fourth-order valence-corrected chi connectivity index (χ4v) is 4.87. The summed E-state index contributed by atoms with van der Waals surface area (Å²) in [6.07, 6.45) is 0.0903. The third-order valence-corrected chi connectivity index (χ3v) is 7.96. The van der Waals surface area contributed by atoms with Crippen LogP contribution in [0.15, 0.2) is 36.4 Å². The first-order valence-corrected chi connectivity index (χ1v) is 15.8. The number of carbonyl (C=O) groups excluding carboxylic acids is 3. The number of anilines is 1. The molecule has 0 bridgehead atoms. The molecule has 15 nitrogen and oxygen atoms in total. The molecule has 0 aliphatic rings. The number of phenols is 2. The quantitative estimate of drug-likeness (QED) is 0.0875. The fraction of sp³-hybridized carbons (Fsp3) is 0.333. The van der Waals surface area contributed by atoms with Gasteiger partial charge in [0, 0.05) is 27.9 Å². The van der Waals surface area contributed by atoms with E-state index in [9.17, 15) is 24.6 Å². The number of nitrogens with two attached hydrogens (primary N) is 1. The number of hydrogen-bond donors (Lipinski definition) is 3. The van der Waals surface area contributed by atoms with Gasteiger partial charge in [-0.1, -0.05) is 0 Å². The van der Waals surface area contributed by atoms with Crippen LogP contribution in [-0.2, 0) is 28.6 Å². The molecule has 4 rings (SSSR count). The summed E-state index contributed by atoms with van der Waals surface area (Å²) in [6, 6.07) is 9.69. The van der Waals surface area contributed by atoms with E-state index in [0.717, 1.165) is 0 Å². The van der Waals surface area contributed by atoms with Gasteiger partial charge >= 0.3 is 17.9 Å². The van der Waals surface area contributed by atoms with Crippen LogP contribution < -0.4 is 19.9 Å². The van der Waals surface area contributed by atoms with Crippen molar-refractivity contribution < 1.29 is 53.0 Å². The van der Waals surface area contributed by atoms with Crippen LogP contribution in [0.25, 0.3) is 34.2 Å². The van der Waals surface area contributed by atoms with Crippen LogP contribution in [0.5, 0.6) is 28.7 Å². The van der Waals surface area contributed by atoms with Gasteiger partial charge in [-0.05, 0) is 57.2 Å². The second kappa shape index (κ2) is 17.0. The first kappa shape index (κ1) is 37.7. The molecule has 0 radical (unpaired) electrons. The van der Waals surface area contributed by atoms with E-state index in [4.69, 9.17) is 19.9 Å². The molecular formula is C36H40N4O11. The van der Waals surface area contributed by atoms with E-state index in [1.54, 1.807) is 57.2 Å². The van der Waals surface area contributed by atoms with Crippen molar-refractivity contribution in [2.75, 3.05) is 46.9 Å². The summed E-state index contributed by atoms with van der Waals surface area (Å²) in [5.41, 5.74) is 9.06. The van der Waals surface area contributed by atoms with E-state index in [-0.39, 0.29) is 84.9 Å². The fourth-order valence-electron chi connectivity index (χ4n) is 4.87. The number of hydrogen-bond acceptors (Lipinski definition) is 15. The summed E-state index contributed by atoms with van der Waals surface area (Å²) in [4.78, 5) is 48.6. The van der Waals surface area contributed by atoms with Crippen molar-refractivity contribution in [3.63, 3.8) is 0 Å². The Morgan fingerprint density at radius 2 is 0.863 bits per heavy atom. The number of methoxy groups -OCH3 is 3. The van der Waals surface area contributed by atoms with E-state index < -0.39 is 17.9 Å². The third-order valence-electron chi connectivity index (χ3n) is 7.96. The summed E-state index contributed by atoms with van der Waals surface area (Å²) < 4.78 is 31.2. The van der Waals surface area contributed by atoms with E-state index in [0.29, 0.717) is 39.5 Å². The van der Waals surface area contributed by atoms with E-state index in [2.05, 4.69) is 29.2 Å². The summed E-state index contributed by atoms with van der Waals surface area (Å²) in [5, 5.41) is 22.6. The minimum atomic E-state index is -0.437. The van der Waals surface area contributed by atoms with Crippen molar-refractivity contribution in [1.29, 1.82) is 0 Å². The second-order valence-corrected chi connectivity index (χ2v) is 11.1. The molecule has 4 aromatic rings. The first-order valence-electron chi connectivity index (χ1n) is 15.8. The lowest BCUT2D eigenvalue weighted by Gasteiger charge is -2.17. The van der Waals surface area contributed by atoms with Crippen molar-refractivity contribution in [1.82, 2.24) is 15.0 Å². The van der Waals surface area contributed by atoms with Crippen molar-refractivity contribution in [2.45, 2.75) is 40.0 Å². The van der Waals surface area contributed by atoms with Gasteiger partial charge in [-0.3, -0.25) is 14.4 Å². The predicted octanol–water partition coefficient (Wildman–Crippen LogP) is 4.62. The Labute approximate surface area is 294 Å². The molecule has 3 aromatic carbocycles. The molecule has 0 unspecified atom stereocenters.